The molecule has 106 valence electrons. The Labute approximate surface area is 116 Å². The summed E-state index contributed by atoms with van der Waals surface area (Å²) in [4.78, 5) is 23.0. The average Bonchev–Trinajstić information content (AvgIpc) is 2.79. The van der Waals surface area contributed by atoms with Gasteiger partial charge in [-0.1, -0.05) is 32.0 Å². The molecule has 6 nitrogen and oxygen atoms in total. The molecule has 20 heavy (non-hydrogen) atoms. The Hall–Kier alpha value is -2.37. The first-order chi connectivity index (χ1) is 9.49. The van der Waals surface area contributed by atoms with E-state index in [0.29, 0.717) is 0 Å². The van der Waals surface area contributed by atoms with Crippen LogP contribution in [-0.4, -0.2) is 32.8 Å². The van der Waals surface area contributed by atoms with Crippen molar-refractivity contribution in [2.24, 2.45) is 5.92 Å². The van der Waals surface area contributed by atoms with E-state index < -0.39 is 12.0 Å². The van der Waals surface area contributed by atoms with E-state index in [1.807, 2.05) is 24.3 Å². The van der Waals surface area contributed by atoms with Gasteiger partial charge in [0.2, 0.25) is 5.91 Å². The van der Waals surface area contributed by atoms with Gasteiger partial charge in [-0.3, -0.25) is 9.48 Å². The lowest BCUT2D eigenvalue weighted by Gasteiger charge is -2.17. The second-order valence-corrected chi connectivity index (χ2v) is 4.99. The van der Waals surface area contributed by atoms with Crippen LogP contribution >= 0.6 is 0 Å². The predicted molar refractivity (Wildman–Crippen MR) is 74.1 cm³/mol. The van der Waals surface area contributed by atoms with Gasteiger partial charge in [-0.15, -0.1) is 0 Å². The summed E-state index contributed by atoms with van der Waals surface area (Å²) in [6.07, 6.45) is 1.68. The van der Waals surface area contributed by atoms with Gasteiger partial charge < -0.3 is 10.4 Å². The molecule has 2 aromatic rings. The highest BCUT2D eigenvalue weighted by Crippen LogP contribution is 2.12. The molecule has 0 saturated carbocycles. The topological polar surface area (TPSA) is 84.2 Å². The van der Waals surface area contributed by atoms with Crippen LogP contribution in [0.2, 0.25) is 0 Å². The summed E-state index contributed by atoms with van der Waals surface area (Å²) < 4.78 is 1.56. The number of carboxylic acids is 1. The van der Waals surface area contributed by atoms with Crippen molar-refractivity contribution < 1.29 is 14.7 Å². The van der Waals surface area contributed by atoms with E-state index in [9.17, 15) is 9.59 Å². The standard InChI is InChI=1S/C14H17N3O3/c1-9(2)13(14(19)20)16-12(18)8-17-11-6-4-3-5-10(11)7-15-17/h3-7,9,13H,8H2,1-2H3,(H,16,18)(H,19,20)/t13-/m0/s1. The molecule has 0 fully saturated rings. The lowest BCUT2D eigenvalue weighted by Crippen LogP contribution is -2.45. The van der Waals surface area contributed by atoms with Crippen molar-refractivity contribution in [2.75, 3.05) is 0 Å². The van der Waals surface area contributed by atoms with Crippen LogP contribution in [0.25, 0.3) is 10.9 Å². The van der Waals surface area contributed by atoms with Crippen LogP contribution in [-0.2, 0) is 16.1 Å². The molecule has 2 N–H and O–H groups in total. The highest BCUT2D eigenvalue weighted by atomic mass is 16.4. The molecule has 0 unspecified atom stereocenters. The van der Waals surface area contributed by atoms with Crippen molar-refractivity contribution in [1.29, 1.82) is 0 Å². The van der Waals surface area contributed by atoms with E-state index in [4.69, 9.17) is 5.11 Å². The Balaban J connectivity index is 2.10. The van der Waals surface area contributed by atoms with Gasteiger partial charge in [0.15, 0.2) is 0 Å². The van der Waals surface area contributed by atoms with Crippen LogP contribution in [0.4, 0.5) is 0 Å². The van der Waals surface area contributed by atoms with Crippen LogP contribution in [0.3, 0.4) is 0 Å². The van der Waals surface area contributed by atoms with Gasteiger partial charge in [-0.2, -0.15) is 5.10 Å². The second kappa shape index (κ2) is 5.73. The molecule has 0 aliphatic carbocycles. The minimum Gasteiger partial charge on any atom is -0.480 e. The molecule has 6 heteroatoms. The number of nitrogens with zero attached hydrogens (tertiary/aromatic N) is 2. The normalized spacial score (nSPS) is 12.6. The van der Waals surface area contributed by atoms with Gasteiger partial charge in [0, 0.05) is 5.39 Å². The Kier molecular flexibility index (Phi) is 4.02. The maximum atomic E-state index is 11.9. The van der Waals surface area contributed by atoms with Crippen molar-refractivity contribution >= 4 is 22.8 Å². The van der Waals surface area contributed by atoms with Crippen LogP contribution in [0.1, 0.15) is 13.8 Å². The molecular formula is C14H17N3O3. The van der Waals surface area contributed by atoms with Gasteiger partial charge >= 0.3 is 5.97 Å². The van der Waals surface area contributed by atoms with Gasteiger partial charge in [0.25, 0.3) is 0 Å². The number of carbonyl (C=O) groups excluding carboxylic acids is 1. The number of rotatable bonds is 5. The Morgan fingerprint density at radius 2 is 2.05 bits per heavy atom. The van der Waals surface area contributed by atoms with Gasteiger partial charge in [-0.25, -0.2) is 4.79 Å². The number of nitrogens with one attached hydrogen (secondary N) is 1. The maximum absolute atomic E-state index is 11.9. The zero-order chi connectivity index (χ0) is 14.7. The van der Waals surface area contributed by atoms with Crippen LogP contribution in [0, 0.1) is 5.92 Å². The molecule has 1 aromatic heterocycles. The number of para-hydroxylation sites is 1. The molecule has 0 aliphatic rings. The second-order valence-electron chi connectivity index (χ2n) is 4.99. The Bertz CT molecular complexity index is 633. The smallest absolute Gasteiger partial charge is 0.326 e. The van der Waals surface area contributed by atoms with Gasteiger partial charge in [0.05, 0.1) is 11.7 Å². The number of aliphatic carboxylic acids is 1. The summed E-state index contributed by atoms with van der Waals surface area (Å²) in [7, 11) is 0. The number of hydrogen-bond acceptors (Lipinski definition) is 3. The molecule has 0 aliphatic heterocycles. The molecule has 1 heterocycles. The zero-order valence-corrected chi connectivity index (χ0v) is 11.4. The number of amides is 1. The van der Waals surface area contributed by atoms with Gasteiger partial charge in [0.1, 0.15) is 12.6 Å². The van der Waals surface area contributed by atoms with Crippen LogP contribution in [0.15, 0.2) is 30.5 Å². The first-order valence-electron chi connectivity index (χ1n) is 6.41. The third-order valence-electron chi connectivity index (χ3n) is 3.09. The van der Waals surface area contributed by atoms with E-state index in [0.717, 1.165) is 10.9 Å². The summed E-state index contributed by atoms with van der Waals surface area (Å²) in [5.74, 6) is -1.57. The molecule has 1 aromatic carbocycles. The van der Waals surface area contributed by atoms with E-state index in [1.54, 1.807) is 24.7 Å². The summed E-state index contributed by atoms with van der Waals surface area (Å²) in [5, 5.41) is 16.7. The number of carbonyl (C=O) groups is 2. The Morgan fingerprint density at radius 3 is 2.70 bits per heavy atom. The number of hydrogen-bond donors (Lipinski definition) is 2. The summed E-state index contributed by atoms with van der Waals surface area (Å²) in [6, 6.07) is 6.65. The van der Waals surface area contributed by atoms with Crippen LogP contribution in [0.5, 0.6) is 0 Å². The predicted octanol–water partition coefficient (Wildman–Crippen LogP) is 1.26. The number of benzene rings is 1. The average molecular weight is 275 g/mol. The quantitative estimate of drug-likeness (QED) is 0.860. The third-order valence-corrected chi connectivity index (χ3v) is 3.09. The third kappa shape index (κ3) is 2.96. The lowest BCUT2D eigenvalue weighted by molar-refractivity contribution is -0.143. The van der Waals surface area contributed by atoms with E-state index >= 15 is 0 Å². The monoisotopic (exact) mass is 275 g/mol. The molecule has 0 radical (unpaired) electrons. The highest BCUT2D eigenvalue weighted by Gasteiger charge is 2.23. The van der Waals surface area contributed by atoms with Crippen molar-refractivity contribution in [3.8, 4) is 0 Å². The summed E-state index contributed by atoms with van der Waals surface area (Å²) in [5.41, 5.74) is 0.846. The SMILES string of the molecule is CC(C)[C@H](NC(=O)Cn1ncc2ccccc21)C(=O)O. The molecule has 0 bridgehead atoms. The zero-order valence-electron chi connectivity index (χ0n) is 11.4. The molecule has 0 saturated heterocycles. The fraction of sp³-hybridized carbons (Fsp3) is 0.357. The van der Waals surface area contributed by atoms with Crippen molar-refractivity contribution in [1.82, 2.24) is 15.1 Å². The Morgan fingerprint density at radius 1 is 1.35 bits per heavy atom. The minimum absolute atomic E-state index is 0.00398. The van der Waals surface area contributed by atoms with E-state index in [1.165, 1.54) is 0 Å². The van der Waals surface area contributed by atoms with Crippen LogP contribution < -0.4 is 5.32 Å². The first kappa shape index (κ1) is 14.0. The molecular weight excluding hydrogens is 258 g/mol. The van der Waals surface area contributed by atoms with E-state index in [2.05, 4.69) is 10.4 Å². The van der Waals surface area contributed by atoms with Crippen molar-refractivity contribution in [3.05, 3.63) is 30.5 Å². The fourth-order valence-corrected chi connectivity index (χ4v) is 2.02. The molecule has 2 rings (SSSR count). The summed E-state index contributed by atoms with van der Waals surface area (Å²) >= 11 is 0. The number of aromatic nitrogens is 2. The first-order valence-corrected chi connectivity index (χ1v) is 6.41. The highest BCUT2D eigenvalue weighted by molar-refractivity contribution is 5.85. The maximum Gasteiger partial charge on any atom is 0.326 e. The summed E-state index contributed by atoms with van der Waals surface area (Å²) in [6.45, 7) is 3.51. The van der Waals surface area contributed by atoms with Crippen molar-refractivity contribution in [3.63, 3.8) is 0 Å². The molecule has 0 spiro atoms. The molecule has 1 amide bonds. The van der Waals surface area contributed by atoms with Gasteiger partial charge in [-0.05, 0) is 12.0 Å². The minimum atomic E-state index is -1.03. The largest absolute Gasteiger partial charge is 0.480 e. The van der Waals surface area contributed by atoms with E-state index in [-0.39, 0.29) is 18.4 Å². The molecule has 1 atom stereocenters. The van der Waals surface area contributed by atoms with Crippen molar-refractivity contribution in [2.45, 2.75) is 26.4 Å². The lowest BCUT2D eigenvalue weighted by atomic mass is 10.1. The number of carboxylic acid groups (broad SMARTS) is 1. The fourth-order valence-electron chi connectivity index (χ4n) is 2.02. The number of fused-ring (bicyclic) bond motifs is 1.